The van der Waals surface area contributed by atoms with Gasteiger partial charge in [0.1, 0.15) is 6.04 Å². The maximum Gasteiger partial charge on any atom is 0.326 e. The summed E-state index contributed by atoms with van der Waals surface area (Å²) in [6.07, 6.45) is 3.13. The summed E-state index contributed by atoms with van der Waals surface area (Å²) in [6.45, 7) is 7.11. The zero-order valence-electron chi connectivity index (χ0n) is 7.82. The second kappa shape index (κ2) is 6.71. The molecule has 0 aromatic carbocycles. The lowest BCUT2D eigenvalue weighted by atomic mass is 10.2. The van der Waals surface area contributed by atoms with Gasteiger partial charge in [0.05, 0.1) is 0 Å². The molecule has 0 spiro atoms. The van der Waals surface area contributed by atoms with Gasteiger partial charge in [0, 0.05) is 6.54 Å². The number of carbonyl (C=O) groups is 2. The van der Waals surface area contributed by atoms with Gasteiger partial charge in [-0.2, -0.15) is 0 Å². The van der Waals surface area contributed by atoms with Crippen molar-refractivity contribution in [1.82, 2.24) is 10.6 Å². The van der Waals surface area contributed by atoms with Crippen molar-refractivity contribution in [3.63, 3.8) is 0 Å². The molecule has 0 saturated heterocycles. The maximum atomic E-state index is 11.0. The summed E-state index contributed by atoms with van der Waals surface area (Å²) < 4.78 is 0. The third-order valence-corrected chi connectivity index (χ3v) is 1.41. The van der Waals surface area contributed by atoms with Crippen molar-refractivity contribution in [2.45, 2.75) is 12.5 Å². The van der Waals surface area contributed by atoms with Crippen LogP contribution in [0.3, 0.4) is 0 Å². The molecule has 5 heteroatoms. The topological polar surface area (TPSA) is 78.4 Å². The van der Waals surface area contributed by atoms with E-state index < -0.39 is 18.0 Å². The van der Waals surface area contributed by atoms with Crippen LogP contribution in [0.5, 0.6) is 0 Å². The fourth-order valence-corrected chi connectivity index (χ4v) is 0.762. The van der Waals surface area contributed by atoms with E-state index in [0.29, 0.717) is 6.54 Å². The van der Waals surface area contributed by atoms with Crippen LogP contribution in [0.4, 0.5) is 4.79 Å². The monoisotopic (exact) mass is 198 g/mol. The number of urea groups is 1. The van der Waals surface area contributed by atoms with E-state index in [4.69, 9.17) is 5.11 Å². The second-order valence-electron chi connectivity index (χ2n) is 2.56. The number of aliphatic carboxylic acids is 1. The Morgan fingerprint density at radius 3 is 2.43 bits per heavy atom. The van der Waals surface area contributed by atoms with E-state index in [1.54, 1.807) is 0 Å². The molecule has 1 atom stereocenters. The number of carboxylic acids is 1. The van der Waals surface area contributed by atoms with Crippen molar-refractivity contribution in [1.29, 1.82) is 0 Å². The molecule has 0 aliphatic heterocycles. The average Bonchev–Trinajstić information content (AvgIpc) is 2.14. The van der Waals surface area contributed by atoms with Gasteiger partial charge in [0.15, 0.2) is 0 Å². The first-order valence-corrected chi connectivity index (χ1v) is 4.10. The number of amides is 2. The lowest BCUT2D eigenvalue weighted by Gasteiger charge is -2.12. The first-order valence-electron chi connectivity index (χ1n) is 4.10. The molecule has 5 nitrogen and oxygen atoms in total. The number of rotatable bonds is 6. The Morgan fingerprint density at radius 1 is 1.36 bits per heavy atom. The van der Waals surface area contributed by atoms with Gasteiger partial charge < -0.3 is 15.7 Å². The highest BCUT2D eigenvalue weighted by molar-refractivity contribution is 5.82. The van der Waals surface area contributed by atoms with Gasteiger partial charge in [-0.3, -0.25) is 0 Å². The molecule has 3 N–H and O–H groups in total. The van der Waals surface area contributed by atoms with Gasteiger partial charge in [-0.1, -0.05) is 12.2 Å². The molecule has 0 aromatic heterocycles. The van der Waals surface area contributed by atoms with Crippen molar-refractivity contribution in [2.75, 3.05) is 6.54 Å². The fraction of sp³-hybridized carbons (Fsp3) is 0.333. The number of hydrogen-bond acceptors (Lipinski definition) is 2. The quantitative estimate of drug-likeness (QED) is 0.544. The van der Waals surface area contributed by atoms with E-state index in [9.17, 15) is 9.59 Å². The number of carbonyl (C=O) groups excluding carboxylic acids is 1. The fourth-order valence-electron chi connectivity index (χ4n) is 0.762. The third-order valence-electron chi connectivity index (χ3n) is 1.41. The standard InChI is InChI=1S/C9H14N2O3/c1-3-5-7(8(12)13)11-9(14)10-6-4-2/h3-4,7H,1-2,5-6H2,(H,12,13)(H2,10,11,14). The van der Waals surface area contributed by atoms with E-state index in [1.165, 1.54) is 12.2 Å². The van der Waals surface area contributed by atoms with Crippen LogP contribution in [-0.2, 0) is 4.79 Å². The molecule has 2 amide bonds. The predicted octanol–water partition coefficient (Wildman–Crippen LogP) is 0.501. The first-order chi connectivity index (χ1) is 6.61. The number of hydrogen-bond donors (Lipinski definition) is 3. The molecule has 1 unspecified atom stereocenters. The zero-order chi connectivity index (χ0) is 11.0. The van der Waals surface area contributed by atoms with Crippen LogP contribution in [0.25, 0.3) is 0 Å². The summed E-state index contributed by atoms with van der Waals surface area (Å²) in [7, 11) is 0. The van der Waals surface area contributed by atoms with Crippen molar-refractivity contribution in [2.24, 2.45) is 0 Å². The third kappa shape index (κ3) is 4.97. The minimum Gasteiger partial charge on any atom is -0.480 e. The summed E-state index contributed by atoms with van der Waals surface area (Å²) in [4.78, 5) is 21.6. The van der Waals surface area contributed by atoms with Crippen LogP contribution >= 0.6 is 0 Å². The first kappa shape index (κ1) is 12.2. The van der Waals surface area contributed by atoms with Crippen LogP contribution in [0.1, 0.15) is 6.42 Å². The van der Waals surface area contributed by atoms with Crippen LogP contribution < -0.4 is 10.6 Å². The predicted molar refractivity (Wildman–Crippen MR) is 53.0 cm³/mol. The largest absolute Gasteiger partial charge is 0.480 e. The highest BCUT2D eigenvalue weighted by atomic mass is 16.4. The minimum atomic E-state index is -1.08. The molecule has 0 rings (SSSR count). The second-order valence-corrected chi connectivity index (χ2v) is 2.56. The van der Waals surface area contributed by atoms with Crippen molar-refractivity contribution >= 4 is 12.0 Å². The normalized spacial score (nSPS) is 11.1. The molecular formula is C9H14N2O3. The van der Waals surface area contributed by atoms with E-state index in [2.05, 4.69) is 23.8 Å². The molecule has 0 aliphatic rings. The zero-order valence-corrected chi connectivity index (χ0v) is 7.82. The van der Waals surface area contributed by atoms with E-state index in [-0.39, 0.29) is 6.42 Å². The molecule has 0 radical (unpaired) electrons. The smallest absolute Gasteiger partial charge is 0.326 e. The van der Waals surface area contributed by atoms with Crippen molar-refractivity contribution < 1.29 is 14.7 Å². The van der Waals surface area contributed by atoms with Gasteiger partial charge >= 0.3 is 12.0 Å². The Bertz CT molecular complexity index is 238. The SMILES string of the molecule is C=CCNC(=O)NC(CC=C)C(=O)O. The maximum absolute atomic E-state index is 11.0. The Labute approximate surface area is 82.5 Å². The molecular weight excluding hydrogens is 184 g/mol. The lowest BCUT2D eigenvalue weighted by Crippen LogP contribution is -2.45. The van der Waals surface area contributed by atoms with Gasteiger partial charge in [0.2, 0.25) is 0 Å². The van der Waals surface area contributed by atoms with Gasteiger partial charge in [-0.05, 0) is 6.42 Å². The lowest BCUT2D eigenvalue weighted by molar-refractivity contribution is -0.139. The van der Waals surface area contributed by atoms with Gasteiger partial charge in [-0.15, -0.1) is 13.2 Å². The summed E-state index contributed by atoms with van der Waals surface area (Å²) in [5.74, 6) is -1.08. The molecule has 0 fully saturated rings. The molecule has 0 heterocycles. The van der Waals surface area contributed by atoms with Crippen molar-refractivity contribution in [3.8, 4) is 0 Å². The average molecular weight is 198 g/mol. The number of carboxylic acid groups (broad SMARTS) is 1. The van der Waals surface area contributed by atoms with E-state index in [1.807, 2.05) is 0 Å². The summed E-state index contributed by atoms with van der Waals surface area (Å²) in [5.41, 5.74) is 0. The Morgan fingerprint density at radius 2 is 2.00 bits per heavy atom. The molecule has 78 valence electrons. The van der Waals surface area contributed by atoms with Crippen molar-refractivity contribution in [3.05, 3.63) is 25.3 Å². The van der Waals surface area contributed by atoms with Crippen LogP contribution in [0.15, 0.2) is 25.3 Å². The van der Waals surface area contributed by atoms with Crippen LogP contribution in [0.2, 0.25) is 0 Å². The number of nitrogens with one attached hydrogen (secondary N) is 2. The Hall–Kier alpha value is -1.78. The molecule has 14 heavy (non-hydrogen) atoms. The summed E-state index contributed by atoms with van der Waals surface area (Å²) in [5, 5.41) is 13.4. The van der Waals surface area contributed by atoms with E-state index >= 15 is 0 Å². The Kier molecular flexibility index (Phi) is 5.85. The van der Waals surface area contributed by atoms with Gasteiger partial charge in [0.25, 0.3) is 0 Å². The highest BCUT2D eigenvalue weighted by Crippen LogP contribution is 1.92. The molecule has 0 saturated carbocycles. The van der Waals surface area contributed by atoms with Crippen LogP contribution in [0, 0.1) is 0 Å². The molecule has 0 bridgehead atoms. The highest BCUT2D eigenvalue weighted by Gasteiger charge is 2.17. The van der Waals surface area contributed by atoms with E-state index in [0.717, 1.165) is 0 Å². The molecule has 0 aliphatic carbocycles. The minimum absolute atomic E-state index is 0.191. The summed E-state index contributed by atoms with van der Waals surface area (Å²) >= 11 is 0. The molecule has 0 aromatic rings. The van der Waals surface area contributed by atoms with Gasteiger partial charge in [-0.25, -0.2) is 9.59 Å². The van der Waals surface area contributed by atoms with Crippen LogP contribution in [-0.4, -0.2) is 29.7 Å². The summed E-state index contributed by atoms with van der Waals surface area (Å²) in [6, 6.07) is -1.46. The Balaban J connectivity index is 4.01.